The highest BCUT2D eigenvalue weighted by Gasteiger charge is 2.43. The van der Waals surface area contributed by atoms with Crippen molar-refractivity contribution < 1.29 is 19.4 Å². The van der Waals surface area contributed by atoms with Gasteiger partial charge in [-0.05, 0) is 42.3 Å². The highest BCUT2D eigenvalue weighted by atomic mass is 16.5. The molecule has 5 rings (SSSR count). The first-order valence-corrected chi connectivity index (χ1v) is 11.4. The van der Waals surface area contributed by atoms with E-state index in [1.807, 2.05) is 12.1 Å². The number of aliphatic hydroxyl groups excluding tert-OH is 1. The smallest absolute Gasteiger partial charge is 0.181 e. The molecule has 1 saturated heterocycles. The highest BCUT2D eigenvalue weighted by Crippen LogP contribution is 2.40. The number of aromatic nitrogens is 1. The molecule has 170 valence electrons. The van der Waals surface area contributed by atoms with E-state index >= 15 is 0 Å². The number of piperidine rings is 1. The van der Waals surface area contributed by atoms with Gasteiger partial charge in [0.25, 0.3) is 0 Å². The Morgan fingerprint density at radius 2 is 2.00 bits per heavy atom. The van der Waals surface area contributed by atoms with Crippen LogP contribution in [0.4, 0.5) is 0 Å². The minimum atomic E-state index is -0.525. The zero-order valence-electron chi connectivity index (χ0n) is 18.8. The van der Waals surface area contributed by atoms with Crippen molar-refractivity contribution in [2.75, 3.05) is 19.7 Å². The van der Waals surface area contributed by atoms with Crippen LogP contribution in [0.25, 0.3) is 17.0 Å². The van der Waals surface area contributed by atoms with Gasteiger partial charge >= 0.3 is 0 Å². The summed E-state index contributed by atoms with van der Waals surface area (Å²) < 4.78 is 6.43. The van der Waals surface area contributed by atoms with Crippen molar-refractivity contribution in [2.24, 2.45) is 0 Å². The van der Waals surface area contributed by atoms with Gasteiger partial charge in [-0.3, -0.25) is 14.5 Å². The maximum atomic E-state index is 13.0. The van der Waals surface area contributed by atoms with Gasteiger partial charge < -0.3 is 14.8 Å². The van der Waals surface area contributed by atoms with Crippen LogP contribution in [0.3, 0.4) is 0 Å². The van der Waals surface area contributed by atoms with Crippen LogP contribution < -0.4 is 4.74 Å². The Labute approximate surface area is 192 Å². The molecular formula is C27H28N2O4. The van der Waals surface area contributed by atoms with Crippen molar-refractivity contribution in [3.8, 4) is 5.75 Å². The van der Waals surface area contributed by atoms with Gasteiger partial charge in [-0.2, -0.15) is 0 Å². The van der Waals surface area contributed by atoms with Gasteiger partial charge in [0.2, 0.25) is 0 Å². The van der Waals surface area contributed by atoms with E-state index in [4.69, 9.17) is 9.84 Å². The lowest BCUT2D eigenvalue weighted by Crippen LogP contribution is -2.50. The molecule has 2 aliphatic rings. The van der Waals surface area contributed by atoms with Gasteiger partial charge in [0.05, 0.1) is 12.0 Å². The summed E-state index contributed by atoms with van der Waals surface area (Å²) in [4.78, 5) is 30.3. The summed E-state index contributed by atoms with van der Waals surface area (Å²) in [7, 11) is 0. The number of hydrogen-bond donors (Lipinski definition) is 2. The Morgan fingerprint density at radius 3 is 2.79 bits per heavy atom. The van der Waals surface area contributed by atoms with Crippen molar-refractivity contribution in [1.82, 2.24) is 9.88 Å². The van der Waals surface area contributed by atoms with Crippen molar-refractivity contribution in [3.05, 3.63) is 70.9 Å². The number of aryl methyl sites for hydroxylation is 1. The molecule has 0 bridgehead atoms. The number of fused-ring (bicyclic) bond motifs is 2. The lowest BCUT2D eigenvalue weighted by Gasteiger charge is -2.44. The summed E-state index contributed by atoms with van der Waals surface area (Å²) in [5, 5.41) is 10.1. The van der Waals surface area contributed by atoms with Crippen molar-refractivity contribution in [3.63, 3.8) is 0 Å². The predicted molar refractivity (Wildman–Crippen MR) is 127 cm³/mol. The van der Waals surface area contributed by atoms with Crippen LogP contribution in [-0.4, -0.2) is 51.9 Å². The van der Waals surface area contributed by atoms with E-state index in [-0.39, 0.29) is 11.6 Å². The van der Waals surface area contributed by atoms with Crippen molar-refractivity contribution in [2.45, 2.75) is 38.3 Å². The third-order valence-corrected chi connectivity index (χ3v) is 6.91. The number of aliphatic hydroxyl groups is 1. The van der Waals surface area contributed by atoms with Crippen LogP contribution in [0.5, 0.6) is 5.75 Å². The molecular weight excluding hydrogens is 416 g/mol. The maximum absolute atomic E-state index is 13.0. The Hall–Kier alpha value is -3.22. The highest BCUT2D eigenvalue weighted by molar-refractivity contribution is 6.01. The minimum absolute atomic E-state index is 0.0842. The fourth-order valence-electron chi connectivity index (χ4n) is 5.02. The zero-order valence-corrected chi connectivity index (χ0v) is 18.8. The second-order valence-electron chi connectivity index (χ2n) is 9.15. The second-order valence-corrected chi connectivity index (χ2v) is 9.15. The number of carbonyl (C=O) groups is 2. The Morgan fingerprint density at radius 1 is 1.21 bits per heavy atom. The number of Topliss-reactive ketones (excluding diaryl/α,β-unsaturated/α-hetero) is 1. The van der Waals surface area contributed by atoms with Crippen LogP contribution in [0.2, 0.25) is 0 Å². The van der Waals surface area contributed by atoms with Crippen LogP contribution >= 0.6 is 0 Å². The van der Waals surface area contributed by atoms with Gasteiger partial charge in [0.15, 0.2) is 11.6 Å². The van der Waals surface area contributed by atoms with Crippen LogP contribution in [0, 0.1) is 6.92 Å². The quantitative estimate of drug-likeness (QED) is 0.580. The summed E-state index contributed by atoms with van der Waals surface area (Å²) in [5.74, 6) is 0.336. The third-order valence-electron chi connectivity index (χ3n) is 6.91. The fraction of sp³-hybridized carbons (Fsp3) is 0.333. The number of ether oxygens (including phenoxy) is 1. The summed E-state index contributed by atoms with van der Waals surface area (Å²) in [6, 6.07) is 13.8. The van der Waals surface area contributed by atoms with Gasteiger partial charge in [-0.25, -0.2) is 0 Å². The van der Waals surface area contributed by atoms with E-state index in [1.165, 1.54) is 28.2 Å². The SMILES string of the molecule is Cc1[nH]c2ccccc2c1CN1CCC2(CC1)CC(=O)c1cc(/C=C/C(=O)CO)ccc1O2. The minimum Gasteiger partial charge on any atom is -0.486 e. The Bertz CT molecular complexity index is 1250. The van der Waals surface area contributed by atoms with Crippen molar-refractivity contribution in [1.29, 1.82) is 0 Å². The monoisotopic (exact) mass is 444 g/mol. The molecule has 2 aliphatic heterocycles. The van der Waals surface area contributed by atoms with Gasteiger partial charge in [-0.15, -0.1) is 0 Å². The molecule has 33 heavy (non-hydrogen) atoms. The van der Waals surface area contributed by atoms with Gasteiger partial charge in [0, 0.05) is 49.1 Å². The second kappa shape index (κ2) is 8.61. The van der Waals surface area contributed by atoms with E-state index in [0.717, 1.165) is 38.0 Å². The third kappa shape index (κ3) is 4.24. The molecule has 0 amide bonds. The first-order valence-electron chi connectivity index (χ1n) is 11.4. The number of rotatable bonds is 5. The molecule has 2 N–H and O–H groups in total. The summed E-state index contributed by atoms with van der Waals surface area (Å²) in [6.45, 7) is 4.25. The molecule has 0 saturated carbocycles. The van der Waals surface area contributed by atoms with E-state index in [2.05, 4.69) is 41.1 Å². The van der Waals surface area contributed by atoms with Gasteiger partial charge in [-0.1, -0.05) is 30.3 Å². The lowest BCUT2D eigenvalue weighted by atomic mass is 9.82. The average molecular weight is 445 g/mol. The number of likely N-dealkylation sites (tertiary alicyclic amines) is 1. The summed E-state index contributed by atoms with van der Waals surface area (Å²) in [5.41, 5.74) is 4.59. The summed E-state index contributed by atoms with van der Waals surface area (Å²) >= 11 is 0. The number of carbonyl (C=O) groups excluding carboxylic acids is 2. The molecule has 6 heteroatoms. The standard InChI is InChI=1S/C27H28N2O4/c1-18-23(21-4-2-3-5-24(21)28-18)16-29-12-10-27(11-13-29)15-25(32)22-14-19(6-8-20(31)17-30)7-9-26(22)33-27/h2-9,14,28,30H,10-13,15-17H2,1H3/b8-6+. The largest absolute Gasteiger partial charge is 0.486 e. The molecule has 1 spiro atoms. The topological polar surface area (TPSA) is 82.6 Å². The predicted octanol–water partition coefficient (Wildman–Crippen LogP) is 4.05. The molecule has 6 nitrogen and oxygen atoms in total. The first kappa shape index (κ1) is 21.6. The number of para-hydroxylation sites is 1. The fourth-order valence-corrected chi connectivity index (χ4v) is 5.02. The van der Waals surface area contributed by atoms with E-state index in [1.54, 1.807) is 12.1 Å². The molecule has 0 radical (unpaired) electrons. The first-order chi connectivity index (χ1) is 16.0. The molecule has 0 atom stereocenters. The van der Waals surface area contributed by atoms with E-state index < -0.39 is 12.2 Å². The number of nitrogens with zero attached hydrogens (tertiary/aromatic N) is 1. The average Bonchev–Trinajstić information content (AvgIpc) is 3.14. The summed E-state index contributed by atoms with van der Waals surface area (Å²) in [6.07, 6.45) is 4.94. The van der Waals surface area contributed by atoms with Crippen LogP contribution in [0.1, 0.15) is 46.4 Å². The molecule has 1 aromatic heterocycles. The number of ketones is 2. The zero-order chi connectivity index (χ0) is 23.0. The molecule has 3 aromatic rings. The molecule has 2 aromatic carbocycles. The molecule has 0 aliphatic carbocycles. The maximum Gasteiger partial charge on any atom is 0.181 e. The number of hydrogen-bond acceptors (Lipinski definition) is 5. The van der Waals surface area contributed by atoms with Gasteiger partial charge in [0.1, 0.15) is 18.0 Å². The molecule has 3 heterocycles. The van der Waals surface area contributed by atoms with Crippen LogP contribution in [-0.2, 0) is 11.3 Å². The molecule has 0 unspecified atom stereocenters. The van der Waals surface area contributed by atoms with Crippen molar-refractivity contribution >= 4 is 28.5 Å². The lowest BCUT2D eigenvalue weighted by molar-refractivity contribution is -0.117. The number of aromatic amines is 1. The van der Waals surface area contributed by atoms with Crippen LogP contribution in [0.15, 0.2) is 48.5 Å². The Kier molecular flexibility index (Phi) is 5.64. The normalized spacial score (nSPS) is 18.1. The molecule has 1 fully saturated rings. The Balaban J connectivity index is 1.28. The number of nitrogens with one attached hydrogen (secondary N) is 1. The van der Waals surface area contributed by atoms with E-state index in [0.29, 0.717) is 17.7 Å². The number of benzene rings is 2. The number of H-pyrrole nitrogens is 1. The van der Waals surface area contributed by atoms with E-state index in [9.17, 15) is 9.59 Å².